The standard InChI is InChI=1S/C19H21ClN4O/c1-19(25)9-7-15(8-10-19)22-17-5-6-18-21-12-16(24(18)23-17)13-3-2-4-14(20)11-13/h2-6,11-12,15,25H,7-10H2,1H3,(H,22,23)/t15-,19+. The molecule has 130 valence electrons. The maximum Gasteiger partial charge on any atom is 0.154 e. The van der Waals surface area contributed by atoms with E-state index in [2.05, 4.69) is 10.3 Å². The first kappa shape index (κ1) is 16.4. The van der Waals surface area contributed by atoms with E-state index < -0.39 is 5.60 Å². The van der Waals surface area contributed by atoms with E-state index in [1.807, 2.05) is 54.0 Å². The molecule has 6 heteroatoms. The van der Waals surface area contributed by atoms with Gasteiger partial charge in [-0.25, -0.2) is 9.50 Å². The second-order valence-electron chi connectivity index (χ2n) is 7.06. The number of hydrogen-bond donors (Lipinski definition) is 2. The molecule has 2 aromatic heterocycles. The molecule has 0 saturated heterocycles. The largest absolute Gasteiger partial charge is 0.390 e. The number of aromatic nitrogens is 3. The van der Waals surface area contributed by atoms with Gasteiger partial charge >= 0.3 is 0 Å². The van der Waals surface area contributed by atoms with Crippen LogP contribution < -0.4 is 5.32 Å². The van der Waals surface area contributed by atoms with Crippen LogP contribution >= 0.6 is 11.6 Å². The Hall–Kier alpha value is -2.11. The lowest BCUT2D eigenvalue weighted by Gasteiger charge is -2.33. The topological polar surface area (TPSA) is 62.5 Å². The summed E-state index contributed by atoms with van der Waals surface area (Å²) in [7, 11) is 0. The summed E-state index contributed by atoms with van der Waals surface area (Å²) in [6.07, 6.45) is 5.32. The smallest absolute Gasteiger partial charge is 0.154 e. The van der Waals surface area contributed by atoms with Gasteiger partial charge in [-0.15, -0.1) is 5.10 Å². The Bertz CT molecular complexity index is 895. The molecule has 0 unspecified atom stereocenters. The molecule has 1 aliphatic rings. The first-order valence-corrected chi connectivity index (χ1v) is 8.98. The average Bonchev–Trinajstić information content (AvgIpc) is 3.00. The van der Waals surface area contributed by atoms with Crippen LogP contribution in [0.1, 0.15) is 32.6 Å². The zero-order valence-corrected chi connectivity index (χ0v) is 14.9. The summed E-state index contributed by atoms with van der Waals surface area (Å²) in [5, 5.41) is 19.0. The molecule has 1 fully saturated rings. The zero-order chi connectivity index (χ0) is 17.4. The van der Waals surface area contributed by atoms with Crippen molar-refractivity contribution in [3.05, 3.63) is 47.6 Å². The van der Waals surface area contributed by atoms with Crippen LogP contribution in [0.4, 0.5) is 5.82 Å². The highest BCUT2D eigenvalue weighted by Gasteiger charge is 2.28. The van der Waals surface area contributed by atoms with Crippen molar-refractivity contribution >= 4 is 23.1 Å². The number of fused-ring (bicyclic) bond motifs is 1. The molecule has 1 aromatic carbocycles. The summed E-state index contributed by atoms with van der Waals surface area (Å²) in [5.41, 5.74) is 2.16. The Balaban J connectivity index is 1.61. The van der Waals surface area contributed by atoms with Crippen LogP contribution in [0.5, 0.6) is 0 Å². The van der Waals surface area contributed by atoms with Crippen molar-refractivity contribution < 1.29 is 5.11 Å². The van der Waals surface area contributed by atoms with Gasteiger partial charge in [0.05, 0.1) is 17.5 Å². The molecule has 0 spiro atoms. The molecular formula is C19H21ClN4O. The lowest BCUT2D eigenvalue weighted by molar-refractivity contribution is 0.0196. The van der Waals surface area contributed by atoms with E-state index in [0.29, 0.717) is 11.1 Å². The number of rotatable bonds is 3. The third-order valence-corrected chi connectivity index (χ3v) is 5.13. The van der Waals surface area contributed by atoms with Crippen molar-refractivity contribution in [3.8, 4) is 11.3 Å². The van der Waals surface area contributed by atoms with Crippen LogP contribution in [0.25, 0.3) is 16.9 Å². The highest BCUT2D eigenvalue weighted by molar-refractivity contribution is 6.30. The minimum Gasteiger partial charge on any atom is -0.390 e. The van der Waals surface area contributed by atoms with Gasteiger partial charge in [0, 0.05) is 16.6 Å². The van der Waals surface area contributed by atoms with E-state index in [0.717, 1.165) is 48.4 Å². The summed E-state index contributed by atoms with van der Waals surface area (Å²) in [6, 6.07) is 11.9. The Morgan fingerprint density at radius 3 is 2.80 bits per heavy atom. The van der Waals surface area contributed by atoms with Gasteiger partial charge in [0.2, 0.25) is 0 Å². The lowest BCUT2D eigenvalue weighted by atomic mass is 9.84. The highest BCUT2D eigenvalue weighted by atomic mass is 35.5. The number of imidazole rings is 1. The van der Waals surface area contributed by atoms with Crippen molar-refractivity contribution in [3.63, 3.8) is 0 Å². The molecule has 3 aromatic rings. The van der Waals surface area contributed by atoms with Crippen LogP contribution in [0.3, 0.4) is 0 Å². The van der Waals surface area contributed by atoms with Gasteiger partial charge < -0.3 is 10.4 Å². The summed E-state index contributed by atoms with van der Waals surface area (Å²) in [5.74, 6) is 0.820. The van der Waals surface area contributed by atoms with E-state index in [9.17, 15) is 5.11 Å². The molecular weight excluding hydrogens is 336 g/mol. The SMILES string of the molecule is C[C@]1(O)CC[C@@H](Nc2ccc3ncc(-c4cccc(Cl)c4)n3n2)CC1. The number of aliphatic hydroxyl groups is 1. The van der Waals surface area contributed by atoms with Crippen molar-refractivity contribution in [1.29, 1.82) is 0 Å². The van der Waals surface area contributed by atoms with E-state index in [4.69, 9.17) is 16.7 Å². The second kappa shape index (κ2) is 6.32. The van der Waals surface area contributed by atoms with Gasteiger partial charge in [-0.05, 0) is 56.9 Å². The maximum atomic E-state index is 10.1. The minimum absolute atomic E-state index is 0.336. The Morgan fingerprint density at radius 2 is 2.04 bits per heavy atom. The fraction of sp³-hybridized carbons (Fsp3) is 0.368. The molecule has 2 heterocycles. The summed E-state index contributed by atoms with van der Waals surface area (Å²) >= 11 is 6.11. The number of hydrogen-bond acceptors (Lipinski definition) is 4. The molecule has 0 radical (unpaired) electrons. The molecule has 0 atom stereocenters. The Labute approximate surface area is 151 Å². The molecule has 0 aliphatic heterocycles. The van der Waals surface area contributed by atoms with Gasteiger partial charge in [0.15, 0.2) is 5.65 Å². The normalized spacial score (nSPS) is 23.7. The fourth-order valence-electron chi connectivity index (χ4n) is 3.39. The molecule has 0 amide bonds. The second-order valence-corrected chi connectivity index (χ2v) is 7.49. The number of nitrogens with one attached hydrogen (secondary N) is 1. The monoisotopic (exact) mass is 356 g/mol. The van der Waals surface area contributed by atoms with E-state index in [-0.39, 0.29) is 0 Å². The van der Waals surface area contributed by atoms with E-state index in [1.54, 1.807) is 0 Å². The Morgan fingerprint density at radius 1 is 1.24 bits per heavy atom. The third-order valence-electron chi connectivity index (χ3n) is 4.90. The first-order valence-electron chi connectivity index (χ1n) is 8.60. The van der Waals surface area contributed by atoms with Crippen LogP contribution in [0.15, 0.2) is 42.6 Å². The Kier molecular flexibility index (Phi) is 4.13. The molecule has 25 heavy (non-hydrogen) atoms. The number of anilines is 1. The van der Waals surface area contributed by atoms with Crippen LogP contribution in [-0.4, -0.2) is 31.3 Å². The molecule has 2 N–H and O–H groups in total. The minimum atomic E-state index is -0.528. The predicted octanol–water partition coefficient (Wildman–Crippen LogP) is 4.16. The predicted molar refractivity (Wildman–Crippen MR) is 99.9 cm³/mol. The lowest BCUT2D eigenvalue weighted by Crippen LogP contribution is -2.36. The molecule has 5 nitrogen and oxygen atoms in total. The zero-order valence-electron chi connectivity index (χ0n) is 14.1. The van der Waals surface area contributed by atoms with Gasteiger partial charge in [0.1, 0.15) is 5.82 Å². The van der Waals surface area contributed by atoms with Crippen LogP contribution in [-0.2, 0) is 0 Å². The van der Waals surface area contributed by atoms with E-state index in [1.165, 1.54) is 0 Å². The fourth-order valence-corrected chi connectivity index (χ4v) is 3.58. The molecule has 1 aliphatic carbocycles. The highest BCUT2D eigenvalue weighted by Crippen LogP contribution is 2.29. The first-order chi connectivity index (χ1) is 12.0. The number of benzene rings is 1. The van der Waals surface area contributed by atoms with Gasteiger partial charge in [-0.3, -0.25) is 0 Å². The number of nitrogens with zero attached hydrogens (tertiary/aromatic N) is 3. The van der Waals surface area contributed by atoms with Crippen LogP contribution in [0, 0.1) is 0 Å². The maximum absolute atomic E-state index is 10.1. The number of halogens is 1. The van der Waals surface area contributed by atoms with Crippen molar-refractivity contribution in [2.75, 3.05) is 5.32 Å². The van der Waals surface area contributed by atoms with Crippen molar-refractivity contribution in [1.82, 2.24) is 14.6 Å². The van der Waals surface area contributed by atoms with Crippen LogP contribution in [0.2, 0.25) is 5.02 Å². The summed E-state index contributed by atoms with van der Waals surface area (Å²) in [4.78, 5) is 4.43. The van der Waals surface area contributed by atoms with E-state index >= 15 is 0 Å². The molecule has 1 saturated carbocycles. The summed E-state index contributed by atoms with van der Waals surface area (Å²) < 4.78 is 1.84. The van der Waals surface area contributed by atoms with Gasteiger partial charge in [-0.1, -0.05) is 23.7 Å². The average molecular weight is 357 g/mol. The summed E-state index contributed by atoms with van der Waals surface area (Å²) in [6.45, 7) is 1.91. The van der Waals surface area contributed by atoms with Crippen molar-refractivity contribution in [2.24, 2.45) is 0 Å². The quantitative estimate of drug-likeness (QED) is 0.739. The third kappa shape index (κ3) is 3.48. The van der Waals surface area contributed by atoms with Crippen molar-refractivity contribution in [2.45, 2.75) is 44.2 Å². The van der Waals surface area contributed by atoms with Gasteiger partial charge in [0.25, 0.3) is 0 Å². The molecule has 0 bridgehead atoms. The molecule has 4 rings (SSSR count). The van der Waals surface area contributed by atoms with Gasteiger partial charge in [-0.2, -0.15) is 0 Å².